The van der Waals surface area contributed by atoms with E-state index in [9.17, 15) is 4.79 Å². The fourth-order valence-corrected chi connectivity index (χ4v) is 2.65. The molecular weight excluding hydrogens is 321 g/mol. The second-order valence-corrected chi connectivity index (χ2v) is 4.65. The van der Waals surface area contributed by atoms with Gasteiger partial charge in [0.25, 0.3) is 0 Å². The largest absolute Gasteiger partial charge is 0.494 e. The van der Waals surface area contributed by atoms with E-state index >= 15 is 0 Å². The maximum absolute atomic E-state index is 11.6. The Labute approximate surface area is 117 Å². The summed E-state index contributed by atoms with van der Waals surface area (Å²) in [7, 11) is 2.86. The monoisotopic (exact) mass is 329 g/mol. The number of pyridine rings is 1. The summed E-state index contributed by atoms with van der Waals surface area (Å²) in [6.07, 6.45) is 1.43. The number of ether oxygens (including phenoxy) is 2. The van der Waals surface area contributed by atoms with Crippen LogP contribution in [0, 0.1) is 0 Å². The zero-order chi connectivity index (χ0) is 13.3. The number of hydrogen-bond donors (Lipinski definition) is 0. The SMILES string of the molecule is COC(=O)c1cnc2c(OC)ccc(Cl)c2c1Br. The van der Waals surface area contributed by atoms with Crippen molar-refractivity contribution in [2.75, 3.05) is 14.2 Å². The number of aromatic nitrogens is 1. The Kier molecular flexibility index (Phi) is 3.73. The van der Waals surface area contributed by atoms with E-state index < -0.39 is 5.97 Å². The molecule has 0 saturated carbocycles. The molecule has 1 aromatic carbocycles. The van der Waals surface area contributed by atoms with E-state index in [4.69, 9.17) is 16.3 Å². The third-order valence-electron chi connectivity index (χ3n) is 2.49. The molecule has 1 heterocycles. The number of halogens is 2. The van der Waals surface area contributed by atoms with Gasteiger partial charge >= 0.3 is 5.97 Å². The summed E-state index contributed by atoms with van der Waals surface area (Å²) in [5.74, 6) is 0.113. The van der Waals surface area contributed by atoms with E-state index in [1.165, 1.54) is 13.3 Å². The number of fused-ring (bicyclic) bond motifs is 1. The Balaban J connectivity index is 2.82. The molecule has 94 valence electrons. The van der Waals surface area contributed by atoms with Gasteiger partial charge in [0.1, 0.15) is 11.3 Å². The lowest BCUT2D eigenvalue weighted by molar-refractivity contribution is 0.0599. The van der Waals surface area contributed by atoms with Gasteiger partial charge in [-0.05, 0) is 28.1 Å². The number of hydrogen-bond acceptors (Lipinski definition) is 4. The molecule has 18 heavy (non-hydrogen) atoms. The summed E-state index contributed by atoms with van der Waals surface area (Å²) in [5, 5.41) is 1.11. The van der Waals surface area contributed by atoms with Gasteiger partial charge in [-0.15, -0.1) is 0 Å². The van der Waals surface area contributed by atoms with Gasteiger partial charge in [-0.25, -0.2) is 4.79 Å². The maximum Gasteiger partial charge on any atom is 0.340 e. The second kappa shape index (κ2) is 5.12. The molecule has 0 saturated heterocycles. The van der Waals surface area contributed by atoms with Crippen LogP contribution in [0.25, 0.3) is 10.9 Å². The first-order chi connectivity index (χ1) is 8.60. The fraction of sp³-hybridized carbons (Fsp3) is 0.167. The molecule has 0 N–H and O–H groups in total. The first-order valence-electron chi connectivity index (χ1n) is 4.99. The molecule has 0 unspecified atom stereocenters. The minimum absolute atomic E-state index is 0.320. The van der Waals surface area contributed by atoms with Gasteiger partial charge in [-0.2, -0.15) is 0 Å². The average molecular weight is 331 g/mol. The molecule has 0 aliphatic rings. The Morgan fingerprint density at radius 1 is 1.39 bits per heavy atom. The molecule has 0 aliphatic carbocycles. The normalized spacial score (nSPS) is 10.4. The standard InChI is InChI=1S/C12H9BrClNO3/c1-17-8-4-3-7(14)9-10(13)6(12(16)18-2)5-15-11(8)9/h3-5H,1-2H3. The number of benzene rings is 1. The van der Waals surface area contributed by atoms with Crippen LogP contribution in [-0.4, -0.2) is 25.2 Å². The Hall–Kier alpha value is -1.33. The molecule has 6 heteroatoms. The predicted molar refractivity (Wildman–Crippen MR) is 72.3 cm³/mol. The van der Waals surface area contributed by atoms with Crippen LogP contribution in [-0.2, 0) is 4.74 Å². The number of rotatable bonds is 2. The topological polar surface area (TPSA) is 48.4 Å². The first kappa shape index (κ1) is 13.1. The highest BCUT2D eigenvalue weighted by molar-refractivity contribution is 9.10. The van der Waals surface area contributed by atoms with Crippen LogP contribution in [0.5, 0.6) is 5.75 Å². The van der Waals surface area contributed by atoms with Gasteiger partial charge in [-0.1, -0.05) is 11.6 Å². The zero-order valence-electron chi connectivity index (χ0n) is 9.66. The lowest BCUT2D eigenvalue weighted by Gasteiger charge is -2.10. The van der Waals surface area contributed by atoms with Gasteiger partial charge in [-0.3, -0.25) is 4.98 Å². The molecule has 0 radical (unpaired) electrons. The smallest absolute Gasteiger partial charge is 0.340 e. The lowest BCUT2D eigenvalue weighted by Crippen LogP contribution is -2.04. The maximum atomic E-state index is 11.6. The number of esters is 1. The van der Waals surface area contributed by atoms with Crippen LogP contribution in [0.3, 0.4) is 0 Å². The van der Waals surface area contributed by atoms with Crippen molar-refractivity contribution in [2.24, 2.45) is 0 Å². The van der Waals surface area contributed by atoms with Gasteiger partial charge in [0.05, 0.1) is 24.8 Å². The van der Waals surface area contributed by atoms with E-state index in [0.717, 1.165) is 0 Å². The number of nitrogens with zero attached hydrogens (tertiary/aromatic N) is 1. The third-order valence-corrected chi connectivity index (χ3v) is 3.63. The van der Waals surface area contributed by atoms with E-state index in [0.29, 0.717) is 31.7 Å². The number of carbonyl (C=O) groups is 1. The molecule has 0 aliphatic heterocycles. The van der Waals surface area contributed by atoms with E-state index in [1.807, 2.05) is 0 Å². The number of methoxy groups -OCH3 is 2. The Bertz CT molecular complexity index is 630. The first-order valence-corrected chi connectivity index (χ1v) is 6.16. The molecule has 2 aromatic rings. The van der Waals surface area contributed by atoms with Crippen molar-refractivity contribution in [1.29, 1.82) is 0 Å². The molecular formula is C12H9BrClNO3. The third kappa shape index (κ3) is 2.04. The minimum atomic E-state index is -0.477. The summed E-state index contributed by atoms with van der Waals surface area (Å²) in [4.78, 5) is 15.8. The predicted octanol–water partition coefficient (Wildman–Crippen LogP) is 3.45. The molecule has 0 spiro atoms. The van der Waals surface area contributed by atoms with Crippen molar-refractivity contribution in [3.05, 3.63) is 33.4 Å². The van der Waals surface area contributed by atoms with Crippen LogP contribution in [0.4, 0.5) is 0 Å². The van der Waals surface area contributed by atoms with Crippen LogP contribution < -0.4 is 4.74 Å². The lowest BCUT2D eigenvalue weighted by atomic mass is 10.1. The minimum Gasteiger partial charge on any atom is -0.494 e. The van der Waals surface area contributed by atoms with Crippen molar-refractivity contribution in [2.45, 2.75) is 0 Å². The van der Waals surface area contributed by atoms with Crippen LogP contribution in [0.15, 0.2) is 22.8 Å². The van der Waals surface area contributed by atoms with E-state index in [-0.39, 0.29) is 0 Å². The van der Waals surface area contributed by atoms with Gasteiger partial charge in [0.2, 0.25) is 0 Å². The van der Waals surface area contributed by atoms with Gasteiger partial charge in [0.15, 0.2) is 0 Å². The van der Waals surface area contributed by atoms with Crippen LogP contribution in [0.1, 0.15) is 10.4 Å². The zero-order valence-corrected chi connectivity index (χ0v) is 12.0. The number of carbonyl (C=O) groups excluding carboxylic acids is 1. The summed E-state index contributed by atoms with van der Waals surface area (Å²) in [5.41, 5.74) is 0.907. The molecule has 0 amide bonds. The van der Waals surface area contributed by atoms with Crippen LogP contribution in [0.2, 0.25) is 5.02 Å². The summed E-state index contributed by atoms with van der Waals surface area (Å²) in [6.45, 7) is 0. The van der Waals surface area contributed by atoms with Crippen molar-refractivity contribution in [3.8, 4) is 5.75 Å². The molecule has 4 nitrogen and oxygen atoms in total. The highest BCUT2D eigenvalue weighted by atomic mass is 79.9. The van der Waals surface area contributed by atoms with Crippen molar-refractivity contribution < 1.29 is 14.3 Å². The summed E-state index contributed by atoms with van der Waals surface area (Å²) < 4.78 is 10.4. The second-order valence-electron chi connectivity index (χ2n) is 3.45. The molecule has 0 atom stereocenters. The quantitative estimate of drug-likeness (QED) is 0.791. The van der Waals surface area contributed by atoms with Gasteiger partial charge in [0, 0.05) is 16.1 Å². The van der Waals surface area contributed by atoms with E-state index in [1.54, 1.807) is 19.2 Å². The molecule has 0 bridgehead atoms. The highest BCUT2D eigenvalue weighted by Gasteiger charge is 2.17. The molecule has 1 aromatic heterocycles. The fourth-order valence-electron chi connectivity index (χ4n) is 1.62. The Morgan fingerprint density at radius 3 is 2.72 bits per heavy atom. The Morgan fingerprint density at radius 2 is 2.11 bits per heavy atom. The molecule has 2 rings (SSSR count). The summed E-state index contributed by atoms with van der Waals surface area (Å²) in [6, 6.07) is 3.41. The highest BCUT2D eigenvalue weighted by Crippen LogP contribution is 2.36. The van der Waals surface area contributed by atoms with Crippen LogP contribution >= 0.6 is 27.5 Å². The van der Waals surface area contributed by atoms with Crippen molar-refractivity contribution >= 4 is 44.4 Å². The summed E-state index contributed by atoms with van der Waals surface area (Å²) >= 11 is 9.49. The molecule has 0 fully saturated rings. The van der Waals surface area contributed by atoms with Crippen molar-refractivity contribution in [1.82, 2.24) is 4.98 Å². The van der Waals surface area contributed by atoms with E-state index in [2.05, 4.69) is 25.7 Å². The average Bonchev–Trinajstić information content (AvgIpc) is 2.38. The van der Waals surface area contributed by atoms with Crippen molar-refractivity contribution in [3.63, 3.8) is 0 Å². The van der Waals surface area contributed by atoms with Gasteiger partial charge < -0.3 is 9.47 Å².